The zero-order valence-corrected chi connectivity index (χ0v) is 11.5. The van der Waals surface area contributed by atoms with E-state index in [-0.39, 0.29) is 29.8 Å². The lowest BCUT2D eigenvalue weighted by atomic mass is 10.1. The van der Waals surface area contributed by atoms with Gasteiger partial charge in [-0.3, -0.25) is 14.9 Å². The third-order valence-corrected chi connectivity index (χ3v) is 3.33. The predicted molar refractivity (Wildman–Crippen MR) is 69.4 cm³/mol. The van der Waals surface area contributed by atoms with Crippen LogP contribution in [-0.2, 0) is 0 Å². The first-order valence-electron chi connectivity index (χ1n) is 5.20. The molecule has 1 amide bonds. The summed E-state index contributed by atoms with van der Waals surface area (Å²) < 4.78 is 0.482. The van der Waals surface area contributed by atoms with Crippen LogP contribution in [0.2, 0.25) is 0 Å². The van der Waals surface area contributed by atoms with Crippen molar-refractivity contribution in [3.8, 4) is 0 Å². The summed E-state index contributed by atoms with van der Waals surface area (Å²) in [6, 6.07) is 3.63. The highest BCUT2D eigenvalue weighted by Crippen LogP contribution is 2.24. The molecule has 0 spiro atoms. The number of aliphatic hydroxyl groups is 1. The van der Waals surface area contributed by atoms with Crippen LogP contribution < -0.4 is 0 Å². The first-order chi connectivity index (χ1) is 8.38. The van der Waals surface area contributed by atoms with E-state index in [4.69, 9.17) is 5.11 Å². The lowest BCUT2D eigenvalue weighted by molar-refractivity contribution is -0.384. The van der Waals surface area contributed by atoms with Gasteiger partial charge in [-0.1, -0.05) is 0 Å². The molecule has 1 N–H and O–H groups in total. The normalized spacial score (nSPS) is 12.0. The van der Waals surface area contributed by atoms with Crippen LogP contribution in [0.1, 0.15) is 17.3 Å². The molecule has 0 bridgehead atoms. The number of rotatable bonds is 4. The van der Waals surface area contributed by atoms with Crippen LogP contribution in [0, 0.1) is 10.1 Å². The largest absolute Gasteiger partial charge is 0.394 e. The molecule has 6 nitrogen and oxygen atoms in total. The summed E-state index contributed by atoms with van der Waals surface area (Å²) in [6.07, 6.45) is 0. The molecule has 1 unspecified atom stereocenters. The molecule has 0 radical (unpaired) electrons. The van der Waals surface area contributed by atoms with E-state index in [0.717, 1.165) is 0 Å². The average Bonchev–Trinajstić information content (AvgIpc) is 2.36. The van der Waals surface area contributed by atoms with Gasteiger partial charge < -0.3 is 10.0 Å². The van der Waals surface area contributed by atoms with Crippen molar-refractivity contribution in [3.63, 3.8) is 0 Å². The highest BCUT2D eigenvalue weighted by molar-refractivity contribution is 9.10. The molecule has 1 atom stereocenters. The Morgan fingerprint density at radius 2 is 2.22 bits per heavy atom. The first kappa shape index (κ1) is 14.6. The minimum atomic E-state index is -0.557. The van der Waals surface area contributed by atoms with Gasteiger partial charge in [0.25, 0.3) is 11.6 Å². The Hall–Kier alpha value is -1.47. The first-order valence-corrected chi connectivity index (χ1v) is 5.99. The molecule has 0 aliphatic carbocycles. The minimum absolute atomic E-state index is 0.147. The van der Waals surface area contributed by atoms with Gasteiger partial charge in [-0.2, -0.15) is 0 Å². The number of hydrogen-bond acceptors (Lipinski definition) is 4. The fraction of sp³-hybridized carbons (Fsp3) is 0.364. The molecule has 0 saturated heterocycles. The number of nitro benzene ring substituents is 1. The highest BCUT2D eigenvalue weighted by atomic mass is 79.9. The second-order valence-corrected chi connectivity index (χ2v) is 4.72. The zero-order valence-electron chi connectivity index (χ0n) is 9.96. The Labute approximate surface area is 112 Å². The van der Waals surface area contributed by atoms with Gasteiger partial charge in [-0.25, -0.2) is 0 Å². The van der Waals surface area contributed by atoms with Crippen molar-refractivity contribution in [1.29, 1.82) is 0 Å². The number of aliphatic hydroxyl groups excluding tert-OH is 1. The highest BCUT2D eigenvalue weighted by Gasteiger charge is 2.21. The van der Waals surface area contributed by atoms with Crippen molar-refractivity contribution in [2.45, 2.75) is 13.0 Å². The van der Waals surface area contributed by atoms with E-state index >= 15 is 0 Å². The fourth-order valence-electron chi connectivity index (χ4n) is 1.30. The molecule has 0 aliphatic heterocycles. The predicted octanol–water partition coefficient (Wildman–Crippen LogP) is 1.81. The van der Waals surface area contributed by atoms with E-state index in [2.05, 4.69) is 15.9 Å². The van der Waals surface area contributed by atoms with E-state index in [1.807, 2.05) is 0 Å². The molecule has 0 fully saturated rings. The van der Waals surface area contributed by atoms with Crippen molar-refractivity contribution in [1.82, 2.24) is 4.90 Å². The number of carbonyl (C=O) groups excluding carboxylic acids is 1. The van der Waals surface area contributed by atoms with Crippen molar-refractivity contribution >= 4 is 27.5 Å². The number of hydrogen-bond donors (Lipinski definition) is 1. The Kier molecular flexibility index (Phi) is 4.80. The van der Waals surface area contributed by atoms with E-state index in [9.17, 15) is 14.9 Å². The molecular formula is C11H13BrN2O4. The van der Waals surface area contributed by atoms with Crippen LogP contribution in [0.3, 0.4) is 0 Å². The molecule has 0 aliphatic rings. The number of amides is 1. The fourth-order valence-corrected chi connectivity index (χ4v) is 1.72. The third-order valence-electron chi connectivity index (χ3n) is 2.64. The van der Waals surface area contributed by atoms with Gasteiger partial charge in [0.1, 0.15) is 0 Å². The van der Waals surface area contributed by atoms with Crippen LogP contribution in [0.5, 0.6) is 0 Å². The summed E-state index contributed by atoms with van der Waals surface area (Å²) >= 11 is 3.19. The van der Waals surface area contributed by atoms with Crippen LogP contribution >= 0.6 is 15.9 Å². The van der Waals surface area contributed by atoms with Crippen LogP contribution in [0.15, 0.2) is 22.7 Å². The maximum absolute atomic E-state index is 12.1. The molecule has 0 saturated carbocycles. The van der Waals surface area contributed by atoms with Crippen molar-refractivity contribution < 1.29 is 14.8 Å². The average molecular weight is 317 g/mol. The van der Waals surface area contributed by atoms with Gasteiger partial charge in [-0.05, 0) is 28.9 Å². The van der Waals surface area contributed by atoms with E-state index < -0.39 is 4.92 Å². The Morgan fingerprint density at radius 3 is 2.72 bits per heavy atom. The second-order valence-electron chi connectivity index (χ2n) is 3.87. The summed E-state index contributed by atoms with van der Waals surface area (Å²) in [6.45, 7) is 1.51. The van der Waals surface area contributed by atoms with Crippen LogP contribution in [0.4, 0.5) is 5.69 Å². The Balaban J connectivity index is 3.12. The molecule has 1 aromatic carbocycles. The molecule has 0 heterocycles. The number of nitro groups is 1. The number of likely N-dealkylation sites (N-methyl/N-ethyl adjacent to an activating group) is 1. The molecule has 0 aromatic heterocycles. The van der Waals surface area contributed by atoms with Crippen LogP contribution in [0.25, 0.3) is 0 Å². The van der Waals surface area contributed by atoms with Crippen LogP contribution in [-0.4, -0.2) is 40.5 Å². The maximum atomic E-state index is 12.1. The molecule has 1 aromatic rings. The maximum Gasteiger partial charge on any atom is 0.270 e. The smallest absolute Gasteiger partial charge is 0.270 e. The standard InChI is InChI=1S/C11H13BrN2O4/c1-7(6-15)13(2)11(16)9-5-8(14(17)18)3-4-10(9)12/h3-5,7,15H,6H2,1-2H3. The number of nitrogens with zero attached hydrogens (tertiary/aromatic N) is 2. The topological polar surface area (TPSA) is 83.7 Å². The van der Waals surface area contributed by atoms with E-state index in [1.54, 1.807) is 6.92 Å². The van der Waals surface area contributed by atoms with Crippen molar-refractivity contribution in [2.75, 3.05) is 13.7 Å². The second kappa shape index (κ2) is 5.92. The van der Waals surface area contributed by atoms with Crippen molar-refractivity contribution in [3.05, 3.63) is 38.3 Å². The number of non-ortho nitro benzene ring substituents is 1. The number of carbonyl (C=O) groups is 1. The summed E-state index contributed by atoms with van der Waals surface area (Å²) in [5, 5.41) is 19.7. The van der Waals surface area contributed by atoms with E-state index in [1.165, 1.54) is 30.1 Å². The van der Waals surface area contributed by atoms with Gasteiger partial charge in [0.05, 0.1) is 23.1 Å². The molecular weight excluding hydrogens is 304 g/mol. The van der Waals surface area contributed by atoms with Crippen molar-refractivity contribution in [2.24, 2.45) is 0 Å². The number of benzene rings is 1. The Morgan fingerprint density at radius 1 is 1.61 bits per heavy atom. The minimum Gasteiger partial charge on any atom is -0.394 e. The summed E-state index contributed by atoms with van der Waals surface area (Å²) in [7, 11) is 1.54. The third kappa shape index (κ3) is 3.05. The molecule has 7 heteroatoms. The Bertz CT molecular complexity index is 478. The zero-order chi connectivity index (χ0) is 13.9. The molecule has 1 rings (SSSR count). The van der Waals surface area contributed by atoms with Gasteiger partial charge >= 0.3 is 0 Å². The van der Waals surface area contributed by atoms with Gasteiger partial charge in [0.2, 0.25) is 0 Å². The van der Waals surface area contributed by atoms with Gasteiger partial charge in [-0.15, -0.1) is 0 Å². The monoisotopic (exact) mass is 316 g/mol. The lowest BCUT2D eigenvalue weighted by Crippen LogP contribution is -2.37. The summed E-state index contributed by atoms with van der Waals surface area (Å²) in [5.41, 5.74) is 0.0543. The molecule has 98 valence electrons. The van der Waals surface area contributed by atoms with E-state index in [0.29, 0.717) is 4.47 Å². The summed E-state index contributed by atoms with van der Waals surface area (Å²) in [4.78, 5) is 23.6. The quantitative estimate of drug-likeness (QED) is 0.678. The number of halogens is 1. The lowest BCUT2D eigenvalue weighted by Gasteiger charge is -2.23. The molecule has 18 heavy (non-hydrogen) atoms. The van der Waals surface area contributed by atoms with Gasteiger partial charge in [0.15, 0.2) is 0 Å². The SMILES string of the molecule is CC(CO)N(C)C(=O)c1cc([N+](=O)[O-])ccc1Br. The summed E-state index contributed by atoms with van der Waals surface area (Å²) in [5.74, 6) is -0.382. The van der Waals surface area contributed by atoms with Gasteiger partial charge in [0, 0.05) is 23.7 Å².